The normalized spacial score (nSPS) is 39.6. The first kappa shape index (κ1) is 15.4. The van der Waals surface area contributed by atoms with Gasteiger partial charge in [-0.25, -0.2) is 0 Å². The molecule has 118 valence electrons. The highest BCUT2D eigenvalue weighted by molar-refractivity contribution is 7.99. The van der Waals surface area contributed by atoms with Gasteiger partial charge in [-0.05, 0) is 38.4 Å². The molecule has 1 amide bonds. The van der Waals surface area contributed by atoms with Crippen molar-refractivity contribution in [3.05, 3.63) is 12.2 Å². The van der Waals surface area contributed by atoms with Gasteiger partial charge in [0.1, 0.15) is 0 Å². The molecule has 3 fully saturated rings. The van der Waals surface area contributed by atoms with Crippen LogP contribution in [0.3, 0.4) is 0 Å². The number of thioether (sulfide) groups is 1. The Morgan fingerprint density at radius 3 is 2.95 bits per heavy atom. The third-order valence-corrected chi connectivity index (χ3v) is 6.04. The number of hydrogen-bond acceptors (Lipinski definition) is 4. The molecule has 0 aliphatic carbocycles. The molecule has 0 aromatic heterocycles. The van der Waals surface area contributed by atoms with Gasteiger partial charge in [0.25, 0.3) is 0 Å². The third-order valence-electron chi connectivity index (χ3n) is 4.82. The number of amides is 1. The van der Waals surface area contributed by atoms with Gasteiger partial charge < -0.3 is 14.8 Å². The Labute approximate surface area is 131 Å². The van der Waals surface area contributed by atoms with Crippen molar-refractivity contribution in [2.45, 2.75) is 50.4 Å². The van der Waals surface area contributed by atoms with E-state index in [-0.39, 0.29) is 29.6 Å². The second-order valence-corrected chi connectivity index (χ2v) is 7.67. The summed E-state index contributed by atoms with van der Waals surface area (Å²) in [6.07, 6.45) is 3.68. The second kappa shape index (κ2) is 6.31. The summed E-state index contributed by atoms with van der Waals surface area (Å²) < 4.78 is 11.7. The molecule has 0 aromatic carbocycles. The smallest absolute Gasteiger partial charge is 0.226 e. The maximum atomic E-state index is 12.6. The fourth-order valence-corrected chi connectivity index (χ4v) is 5.04. The van der Waals surface area contributed by atoms with Crippen LogP contribution in [0.1, 0.15) is 32.6 Å². The molecular formula is C16H25NO3S. The minimum atomic E-state index is -0.110. The molecule has 0 aromatic rings. The molecule has 0 saturated carbocycles. The molecule has 3 saturated heterocycles. The fraction of sp³-hybridized carbons (Fsp3) is 0.812. The van der Waals surface area contributed by atoms with Crippen LogP contribution < -0.4 is 5.32 Å². The molecule has 3 heterocycles. The Hall–Kier alpha value is -0.520. The zero-order valence-electron chi connectivity index (χ0n) is 12.7. The lowest BCUT2D eigenvalue weighted by Crippen LogP contribution is -2.50. The quantitative estimate of drug-likeness (QED) is 0.811. The minimum absolute atomic E-state index is 0.0147. The van der Waals surface area contributed by atoms with Gasteiger partial charge in [0.05, 0.1) is 17.6 Å². The molecule has 1 spiro atoms. The van der Waals surface area contributed by atoms with Gasteiger partial charge >= 0.3 is 0 Å². The average molecular weight is 311 g/mol. The van der Waals surface area contributed by atoms with E-state index >= 15 is 0 Å². The number of carbonyl (C=O) groups excluding carboxylic acids is 1. The van der Waals surface area contributed by atoms with E-state index in [1.807, 2.05) is 18.7 Å². The van der Waals surface area contributed by atoms with Crippen LogP contribution in [0.5, 0.6) is 0 Å². The first-order valence-electron chi connectivity index (χ1n) is 7.89. The lowest BCUT2D eigenvalue weighted by atomic mass is 9.89. The van der Waals surface area contributed by atoms with E-state index in [2.05, 4.69) is 11.9 Å². The molecule has 0 radical (unpaired) electrons. The Bertz CT molecular complexity index is 420. The predicted molar refractivity (Wildman–Crippen MR) is 84.5 cm³/mol. The van der Waals surface area contributed by atoms with E-state index in [4.69, 9.17) is 9.47 Å². The zero-order valence-corrected chi connectivity index (χ0v) is 13.5. The van der Waals surface area contributed by atoms with Crippen molar-refractivity contribution < 1.29 is 14.3 Å². The van der Waals surface area contributed by atoms with E-state index in [9.17, 15) is 4.79 Å². The molecular weight excluding hydrogens is 286 g/mol. The van der Waals surface area contributed by atoms with Crippen molar-refractivity contribution >= 4 is 17.7 Å². The van der Waals surface area contributed by atoms with E-state index in [0.29, 0.717) is 6.61 Å². The predicted octanol–water partition coefficient (Wildman–Crippen LogP) is 2.14. The highest BCUT2D eigenvalue weighted by atomic mass is 32.2. The average Bonchev–Trinajstić information content (AvgIpc) is 3.08. The van der Waals surface area contributed by atoms with Crippen LogP contribution in [0.25, 0.3) is 0 Å². The summed E-state index contributed by atoms with van der Waals surface area (Å²) in [6.45, 7) is 7.30. The van der Waals surface area contributed by atoms with E-state index in [1.165, 1.54) is 5.75 Å². The van der Waals surface area contributed by atoms with Gasteiger partial charge in [-0.1, -0.05) is 12.2 Å². The molecule has 3 aliphatic rings. The van der Waals surface area contributed by atoms with E-state index < -0.39 is 0 Å². The van der Waals surface area contributed by atoms with Gasteiger partial charge in [-0.15, -0.1) is 0 Å². The van der Waals surface area contributed by atoms with Crippen molar-refractivity contribution in [1.82, 2.24) is 5.32 Å². The molecule has 3 aliphatic heterocycles. The third kappa shape index (κ3) is 3.30. The molecule has 4 nitrogen and oxygen atoms in total. The van der Waals surface area contributed by atoms with Gasteiger partial charge in [-0.2, -0.15) is 11.8 Å². The molecule has 0 bridgehead atoms. The van der Waals surface area contributed by atoms with Crippen LogP contribution in [0.4, 0.5) is 0 Å². The lowest BCUT2D eigenvalue weighted by Gasteiger charge is -2.38. The molecule has 4 atom stereocenters. The monoisotopic (exact) mass is 311 g/mol. The van der Waals surface area contributed by atoms with Gasteiger partial charge in [-0.3, -0.25) is 4.79 Å². The van der Waals surface area contributed by atoms with Crippen molar-refractivity contribution in [3.8, 4) is 0 Å². The van der Waals surface area contributed by atoms with Crippen molar-refractivity contribution in [2.75, 3.05) is 24.7 Å². The molecule has 5 heteroatoms. The number of nitrogens with one attached hydrogen (secondary N) is 1. The Morgan fingerprint density at radius 1 is 1.38 bits per heavy atom. The summed E-state index contributed by atoms with van der Waals surface area (Å²) in [4.78, 5) is 12.6. The van der Waals surface area contributed by atoms with Crippen LogP contribution in [-0.2, 0) is 14.3 Å². The first-order chi connectivity index (χ1) is 10.1. The van der Waals surface area contributed by atoms with Crippen molar-refractivity contribution in [3.63, 3.8) is 0 Å². The van der Waals surface area contributed by atoms with Crippen LogP contribution >= 0.6 is 11.8 Å². The topological polar surface area (TPSA) is 47.6 Å². The SMILES string of the molecule is C=C(C)[C@H]1OCC[C@H]1C(=O)N[C@@H]1CCO[C@@]2(CCSC2)C1. The van der Waals surface area contributed by atoms with E-state index in [0.717, 1.165) is 43.6 Å². The maximum Gasteiger partial charge on any atom is 0.226 e. The van der Waals surface area contributed by atoms with Crippen molar-refractivity contribution in [2.24, 2.45) is 5.92 Å². The van der Waals surface area contributed by atoms with Crippen LogP contribution in [0, 0.1) is 5.92 Å². The van der Waals surface area contributed by atoms with Crippen molar-refractivity contribution in [1.29, 1.82) is 0 Å². The summed E-state index contributed by atoms with van der Waals surface area (Å²) >= 11 is 1.96. The number of ether oxygens (including phenoxy) is 2. The zero-order chi connectivity index (χ0) is 14.9. The maximum absolute atomic E-state index is 12.6. The second-order valence-electron chi connectivity index (χ2n) is 6.57. The number of rotatable bonds is 3. The number of hydrogen-bond donors (Lipinski definition) is 1. The largest absolute Gasteiger partial charge is 0.374 e. The summed E-state index contributed by atoms with van der Waals surface area (Å²) in [5, 5.41) is 3.25. The Morgan fingerprint density at radius 2 is 2.24 bits per heavy atom. The summed E-state index contributed by atoms with van der Waals surface area (Å²) in [6, 6.07) is 0.247. The standard InChI is InChI=1S/C16H25NO3S/c1-11(2)14-13(4-6-19-14)15(18)17-12-3-7-20-16(9-12)5-8-21-10-16/h12-14H,1,3-10H2,2H3,(H,17,18)/t12-,13-,14-,16+/m1/s1. The van der Waals surface area contributed by atoms with Crippen LogP contribution in [0.15, 0.2) is 12.2 Å². The molecule has 0 unspecified atom stereocenters. The lowest BCUT2D eigenvalue weighted by molar-refractivity contribution is -0.129. The van der Waals surface area contributed by atoms with Gasteiger partial charge in [0.2, 0.25) is 5.91 Å². The molecule has 21 heavy (non-hydrogen) atoms. The summed E-state index contributed by atoms with van der Waals surface area (Å²) in [5.74, 6) is 2.31. The minimum Gasteiger partial charge on any atom is -0.374 e. The van der Waals surface area contributed by atoms with Crippen LogP contribution in [-0.4, -0.2) is 48.4 Å². The molecule has 3 rings (SSSR count). The Kier molecular flexibility index (Phi) is 4.62. The number of carbonyl (C=O) groups is 1. The molecule has 1 N–H and O–H groups in total. The van der Waals surface area contributed by atoms with Gasteiger partial charge in [0.15, 0.2) is 0 Å². The highest BCUT2D eigenvalue weighted by Crippen LogP contribution is 2.38. The first-order valence-corrected chi connectivity index (χ1v) is 9.04. The van der Waals surface area contributed by atoms with Gasteiger partial charge in [0, 0.05) is 25.0 Å². The van der Waals surface area contributed by atoms with Crippen LogP contribution in [0.2, 0.25) is 0 Å². The fourth-order valence-electron chi connectivity index (χ4n) is 3.67. The summed E-state index contributed by atoms with van der Waals surface area (Å²) in [5.41, 5.74) is 0.962. The highest BCUT2D eigenvalue weighted by Gasteiger charge is 2.42. The Balaban J connectivity index is 1.58. The van der Waals surface area contributed by atoms with E-state index in [1.54, 1.807) is 0 Å². The summed E-state index contributed by atoms with van der Waals surface area (Å²) in [7, 11) is 0.